The number of alkyl carbamates (subject to hydrolysis) is 1. The molecule has 2 aromatic rings. The number of amides is 1. The number of hydrogen-bond donors (Lipinski definition) is 2. The van der Waals surface area contributed by atoms with E-state index in [-0.39, 0.29) is 47.9 Å². The van der Waals surface area contributed by atoms with Gasteiger partial charge in [-0.25, -0.2) is 9.59 Å². The Morgan fingerprint density at radius 3 is 2.63 bits per heavy atom. The molecule has 0 aliphatic heterocycles. The Kier molecular flexibility index (Phi) is 5.80. The van der Waals surface area contributed by atoms with E-state index >= 15 is 0 Å². The monoisotopic (exact) mass is 431 g/mol. The molecule has 30 heavy (non-hydrogen) atoms. The number of esters is 1. The van der Waals surface area contributed by atoms with Gasteiger partial charge in [0.2, 0.25) is 5.88 Å². The quantitative estimate of drug-likeness (QED) is 0.645. The fourth-order valence-electron chi connectivity index (χ4n) is 4.23. The summed E-state index contributed by atoms with van der Waals surface area (Å²) in [6.45, 7) is 2.29. The average molecular weight is 432 g/mol. The average Bonchev–Trinajstić information content (AvgIpc) is 3.04. The molecule has 0 radical (unpaired) electrons. The topological polar surface area (TPSA) is 113 Å². The Morgan fingerprint density at radius 2 is 1.93 bits per heavy atom. The van der Waals surface area contributed by atoms with Gasteiger partial charge in [-0.1, -0.05) is 41.7 Å². The summed E-state index contributed by atoms with van der Waals surface area (Å²) in [5, 5.41) is 3.21. The van der Waals surface area contributed by atoms with Gasteiger partial charge in [0, 0.05) is 6.04 Å². The van der Waals surface area contributed by atoms with E-state index < -0.39 is 5.97 Å². The first-order valence-electron chi connectivity index (χ1n) is 10.0. The van der Waals surface area contributed by atoms with Crippen LogP contribution in [0.3, 0.4) is 0 Å². The minimum absolute atomic E-state index is 0.00865. The van der Waals surface area contributed by atoms with Gasteiger partial charge in [0.05, 0.1) is 6.61 Å². The summed E-state index contributed by atoms with van der Waals surface area (Å²) in [5.74, 6) is -0.202. The van der Waals surface area contributed by atoms with Gasteiger partial charge in [-0.3, -0.25) is 0 Å². The third-order valence-corrected chi connectivity index (χ3v) is 6.41. The van der Waals surface area contributed by atoms with Gasteiger partial charge in [0.15, 0.2) is 10.0 Å². The lowest BCUT2D eigenvalue weighted by Gasteiger charge is -2.56. The molecule has 9 heteroatoms. The zero-order valence-corrected chi connectivity index (χ0v) is 17.6. The summed E-state index contributed by atoms with van der Waals surface area (Å²) >= 11 is 1.07. The summed E-state index contributed by atoms with van der Waals surface area (Å²) in [5.41, 5.74) is 6.88. The molecule has 0 atom stereocenters. The van der Waals surface area contributed by atoms with Crippen LogP contribution in [0.25, 0.3) is 0 Å². The second kappa shape index (κ2) is 8.51. The Labute approximate surface area is 178 Å². The highest BCUT2D eigenvalue weighted by Crippen LogP contribution is 2.57. The number of aromatic nitrogens is 1. The van der Waals surface area contributed by atoms with Crippen LogP contribution in [0, 0.1) is 5.41 Å². The molecule has 1 spiro atoms. The van der Waals surface area contributed by atoms with Crippen molar-refractivity contribution in [2.75, 3.05) is 12.3 Å². The maximum absolute atomic E-state index is 12.0. The molecule has 160 valence electrons. The number of nitrogen functional groups attached to an aromatic ring is 1. The molecule has 2 fully saturated rings. The van der Waals surface area contributed by atoms with Crippen LogP contribution in [0.15, 0.2) is 30.3 Å². The Bertz CT molecular complexity index is 903. The Balaban J connectivity index is 1.19. The highest BCUT2D eigenvalue weighted by Gasteiger charge is 2.54. The van der Waals surface area contributed by atoms with Crippen molar-refractivity contribution >= 4 is 28.5 Å². The van der Waals surface area contributed by atoms with E-state index in [9.17, 15) is 9.59 Å². The maximum Gasteiger partial charge on any atom is 0.407 e. The van der Waals surface area contributed by atoms with Crippen molar-refractivity contribution in [3.8, 4) is 5.88 Å². The number of carbonyl (C=O) groups is 2. The molecule has 1 aromatic heterocycles. The molecule has 0 unspecified atom stereocenters. The smallest absolute Gasteiger partial charge is 0.407 e. The number of thiazole rings is 1. The van der Waals surface area contributed by atoms with E-state index in [1.807, 2.05) is 30.3 Å². The normalized spacial score (nSPS) is 24.4. The van der Waals surface area contributed by atoms with Gasteiger partial charge in [-0.2, -0.15) is 4.98 Å². The predicted molar refractivity (Wildman–Crippen MR) is 111 cm³/mol. The molecule has 2 saturated carbocycles. The SMILES string of the molecule is CCOC(=O)c1sc(N)nc1O[C@H]1CC2(C[C@H](NC(=O)OCc3ccccc3)C2)C1. The van der Waals surface area contributed by atoms with Crippen LogP contribution >= 0.6 is 11.3 Å². The van der Waals surface area contributed by atoms with Gasteiger partial charge in [-0.15, -0.1) is 0 Å². The number of nitrogens with one attached hydrogen (secondary N) is 1. The first-order valence-corrected chi connectivity index (χ1v) is 10.9. The molecule has 3 N–H and O–H groups in total. The lowest BCUT2D eigenvalue weighted by atomic mass is 9.53. The summed E-state index contributed by atoms with van der Waals surface area (Å²) in [6, 6.07) is 9.72. The second-order valence-corrected chi connectivity index (χ2v) is 8.90. The predicted octanol–water partition coefficient (Wildman–Crippen LogP) is 3.52. The molecule has 8 nitrogen and oxygen atoms in total. The highest BCUT2D eigenvalue weighted by atomic mass is 32.1. The van der Waals surface area contributed by atoms with Gasteiger partial charge in [-0.05, 0) is 43.6 Å². The molecule has 2 aliphatic rings. The van der Waals surface area contributed by atoms with Crippen LogP contribution in [-0.2, 0) is 16.1 Å². The largest absolute Gasteiger partial charge is 0.473 e. The van der Waals surface area contributed by atoms with Crippen LogP contribution < -0.4 is 15.8 Å². The number of carbonyl (C=O) groups excluding carboxylic acids is 2. The Morgan fingerprint density at radius 1 is 1.20 bits per heavy atom. The number of nitrogens with two attached hydrogens (primary N) is 1. The van der Waals surface area contributed by atoms with Crippen molar-refractivity contribution in [3.05, 3.63) is 40.8 Å². The molecular weight excluding hydrogens is 406 g/mol. The number of anilines is 1. The summed E-state index contributed by atoms with van der Waals surface area (Å²) in [7, 11) is 0. The van der Waals surface area contributed by atoms with Crippen molar-refractivity contribution in [2.24, 2.45) is 5.41 Å². The van der Waals surface area contributed by atoms with Gasteiger partial charge < -0.3 is 25.3 Å². The molecule has 1 heterocycles. The van der Waals surface area contributed by atoms with Crippen LogP contribution in [-0.4, -0.2) is 35.8 Å². The minimum atomic E-state index is -0.460. The third-order valence-electron chi connectivity index (χ3n) is 5.57. The van der Waals surface area contributed by atoms with Gasteiger partial charge in [0.1, 0.15) is 12.7 Å². The van der Waals surface area contributed by atoms with E-state index in [1.54, 1.807) is 6.92 Å². The molecule has 0 saturated heterocycles. The fraction of sp³-hybridized carbons (Fsp3) is 0.476. The first kappa shape index (κ1) is 20.5. The molecule has 1 amide bonds. The van der Waals surface area contributed by atoms with E-state index in [0.717, 1.165) is 42.6 Å². The van der Waals surface area contributed by atoms with Crippen molar-refractivity contribution in [3.63, 3.8) is 0 Å². The lowest BCUT2D eigenvalue weighted by molar-refractivity contribution is -0.0856. The first-order chi connectivity index (χ1) is 14.5. The van der Waals surface area contributed by atoms with E-state index in [0.29, 0.717) is 4.88 Å². The van der Waals surface area contributed by atoms with E-state index in [1.165, 1.54) is 0 Å². The van der Waals surface area contributed by atoms with Crippen LogP contribution in [0.1, 0.15) is 47.8 Å². The fourth-order valence-corrected chi connectivity index (χ4v) is 4.89. The number of hydrogen-bond acceptors (Lipinski definition) is 8. The summed E-state index contributed by atoms with van der Waals surface area (Å²) in [4.78, 5) is 28.4. The zero-order valence-electron chi connectivity index (χ0n) is 16.8. The lowest BCUT2D eigenvalue weighted by Crippen LogP contribution is -2.58. The molecule has 4 rings (SSSR count). The van der Waals surface area contributed by atoms with Crippen LogP contribution in [0.4, 0.5) is 9.93 Å². The molecular formula is C21H25N3O5S. The molecule has 1 aromatic carbocycles. The number of nitrogens with zero attached hydrogens (tertiary/aromatic N) is 1. The van der Waals surface area contributed by atoms with E-state index in [4.69, 9.17) is 19.9 Å². The van der Waals surface area contributed by atoms with E-state index in [2.05, 4.69) is 10.3 Å². The van der Waals surface area contributed by atoms with Crippen molar-refractivity contribution in [2.45, 2.75) is 51.4 Å². The van der Waals surface area contributed by atoms with Crippen LogP contribution in [0.5, 0.6) is 5.88 Å². The van der Waals surface area contributed by atoms with Gasteiger partial charge >= 0.3 is 12.1 Å². The third kappa shape index (κ3) is 4.51. The van der Waals surface area contributed by atoms with Crippen molar-refractivity contribution in [1.82, 2.24) is 10.3 Å². The Hall–Kier alpha value is -2.81. The highest BCUT2D eigenvalue weighted by molar-refractivity contribution is 7.17. The van der Waals surface area contributed by atoms with Crippen molar-refractivity contribution in [1.29, 1.82) is 0 Å². The summed E-state index contributed by atoms with van der Waals surface area (Å²) < 4.78 is 16.2. The van der Waals surface area contributed by atoms with Crippen LogP contribution in [0.2, 0.25) is 0 Å². The van der Waals surface area contributed by atoms with Gasteiger partial charge in [0.25, 0.3) is 0 Å². The standard InChI is InChI=1S/C21H25N3O5S/c1-2-27-18(25)16-17(24-19(22)30-16)29-15-10-21(11-15)8-14(9-21)23-20(26)28-12-13-6-4-3-5-7-13/h3-7,14-15H,2,8-12H2,1H3,(H2,22,24)(H,23,26)/t14-,15-,21?. The van der Waals surface area contributed by atoms with Crippen molar-refractivity contribution < 1.29 is 23.8 Å². The number of benzene rings is 1. The summed E-state index contributed by atoms with van der Waals surface area (Å²) in [6.07, 6.45) is 3.14. The number of ether oxygens (including phenoxy) is 3. The zero-order chi connectivity index (χ0) is 21.1. The maximum atomic E-state index is 12.0. The molecule has 0 bridgehead atoms. The minimum Gasteiger partial charge on any atom is -0.473 e. The second-order valence-electron chi connectivity index (χ2n) is 7.87. The molecule has 2 aliphatic carbocycles. The number of rotatable bonds is 7.